The van der Waals surface area contributed by atoms with Gasteiger partial charge >= 0.3 is 6.09 Å². The number of hydrogen-bond donors (Lipinski definition) is 2. The Balaban J connectivity index is 1.95. The summed E-state index contributed by atoms with van der Waals surface area (Å²) < 4.78 is 4.95. The van der Waals surface area contributed by atoms with Gasteiger partial charge < -0.3 is 15.4 Å². The smallest absolute Gasteiger partial charge is 0.407 e. The molecule has 2 amide bonds. The Morgan fingerprint density at radius 3 is 2.40 bits per heavy atom. The molecule has 1 aliphatic carbocycles. The number of hydrogen-bond acceptors (Lipinski definition) is 3. The molecule has 1 saturated carbocycles. The van der Waals surface area contributed by atoms with E-state index in [0.717, 1.165) is 24.8 Å². The lowest BCUT2D eigenvalue weighted by Crippen LogP contribution is -2.46. The van der Waals surface area contributed by atoms with Gasteiger partial charge in [-0.1, -0.05) is 37.6 Å². The van der Waals surface area contributed by atoms with Crippen molar-refractivity contribution < 1.29 is 14.3 Å². The Morgan fingerprint density at radius 2 is 1.88 bits per heavy atom. The average Bonchev–Trinajstić information content (AvgIpc) is 3.34. The van der Waals surface area contributed by atoms with E-state index in [2.05, 4.69) is 24.5 Å². The topological polar surface area (TPSA) is 67.4 Å². The maximum Gasteiger partial charge on any atom is 0.407 e. The summed E-state index contributed by atoms with van der Waals surface area (Å²) in [5, 5.41) is 6.50. The van der Waals surface area contributed by atoms with Gasteiger partial charge in [0.05, 0.1) is 12.0 Å². The zero-order valence-corrected chi connectivity index (χ0v) is 15.9. The third kappa shape index (κ3) is 5.36. The van der Waals surface area contributed by atoms with Gasteiger partial charge in [-0.25, -0.2) is 4.79 Å². The fourth-order valence-corrected chi connectivity index (χ4v) is 3.15. The molecule has 1 aromatic rings. The first-order valence-corrected chi connectivity index (χ1v) is 9.23. The van der Waals surface area contributed by atoms with E-state index in [1.54, 1.807) is 6.92 Å². The Bertz CT molecular complexity index is 597. The Hall–Kier alpha value is -1.75. The van der Waals surface area contributed by atoms with Gasteiger partial charge in [-0.2, -0.15) is 0 Å². The van der Waals surface area contributed by atoms with Crippen LogP contribution in [0.15, 0.2) is 24.3 Å². The normalized spacial score (nSPS) is 16.2. The number of amides is 2. The molecule has 0 heterocycles. The molecule has 6 heteroatoms. The largest absolute Gasteiger partial charge is 0.450 e. The number of alkyl carbamates (subject to hydrolysis) is 1. The van der Waals surface area contributed by atoms with Gasteiger partial charge in [0.1, 0.15) is 0 Å². The maximum atomic E-state index is 12.7. The van der Waals surface area contributed by atoms with Crippen LogP contribution in [0.3, 0.4) is 0 Å². The number of carbonyl (C=O) groups is 2. The van der Waals surface area contributed by atoms with Gasteiger partial charge in [-0.05, 0) is 49.8 Å². The van der Waals surface area contributed by atoms with Crippen LogP contribution in [0.25, 0.3) is 0 Å². The number of halogens is 1. The van der Waals surface area contributed by atoms with Crippen LogP contribution in [0.4, 0.5) is 4.79 Å². The predicted octanol–water partition coefficient (Wildman–Crippen LogP) is 3.65. The number of rotatable bonds is 8. The standard InChI is InChI=1S/C19H27ClN2O3/c1-4-25-18(24)22-16(11-13(2)3)12-21-17(23)19(9-10-19)14-5-7-15(20)8-6-14/h5-8,13,16H,4,9-12H2,1-3H3,(H,21,23)(H,22,24). The molecule has 0 saturated heterocycles. The van der Waals surface area contributed by atoms with Gasteiger partial charge in [0.25, 0.3) is 0 Å². The third-order valence-corrected chi connectivity index (χ3v) is 4.70. The number of ether oxygens (including phenoxy) is 1. The van der Waals surface area contributed by atoms with E-state index in [9.17, 15) is 9.59 Å². The Morgan fingerprint density at radius 1 is 1.24 bits per heavy atom. The van der Waals surface area contributed by atoms with Crippen LogP contribution in [-0.2, 0) is 14.9 Å². The van der Waals surface area contributed by atoms with Crippen LogP contribution in [0.5, 0.6) is 0 Å². The highest BCUT2D eigenvalue weighted by molar-refractivity contribution is 6.30. The molecule has 0 spiro atoms. The Labute approximate surface area is 154 Å². The van der Waals surface area contributed by atoms with E-state index < -0.39 is 11.5 Å². The van der Waals surface area contributed by atoms with Crippen molar-refractivity contribution in [3.63, 3.8) is 0 Å². The van der Waals surface area contributed by atoms with Crippen molar-refractivity contribution in [2.24, 2.45) is 5.92 Å². The highest BCUT2D eigenvalue weighted by atomic mass is 35.5. The Kier molecular flexibility index (Phi) is 6.71. The molecule has 1 unspecified atom stereocenters. The minimum Gasteiger partial charge on any atom is -0.450 e. The molecular weight excluding hydrogens is 340 g/mol. The van der Waals surface area contributed by atoms with E-state index in [4.69, 9.17) is 16.3 Å². The first kappa shape index (κ1) is 19.6. The van der Waals surface area contributed by atoms with E-state index in [1.807, 2.05) is 24.3 Å². The molecule has 25 heavy (non-hydrogen) atoms. The zero-order chi connectivity index (χ0) is 18.4. The summed E-state index contributed by atoms with van der Waals surface area (Å²) in [6, 6.07) is 7.31. The van der Waals surface area contributed by atoms with Crippen LogP contribution < -0.4 is 10.6 Å². The van der Waals surface area contributed by atoms with Crippen molar-refractivity contribution in [3.05, 3.63) is 34.9 Å². The lowest BCUT2D eigenvalue weighted by atomic mass is 9.94. The summed E-state index contributed by atoms with van der Waals surface area (Å²) in [5.41, 5.74) is 0.546. The van der Waals surface area contributed by atoms with Gasteiger partial charge in [0.2, 0.25) is 5.91 Å². The molecule has 2 N–H and O–H groups in total. The second-order valence-electron chi connectivity index (χ2n) is 6.99. The molecular formula is C19H27ClN2O3. The maximum absolute atomic E-state index is 12.7. The molecule has 138 valence electrons. The fourth-order valence-electron chi connectivity index (χ4n) is 3.03. The summed E-state index contributed by atoms with van der Waals surface area (Å²) in [6.45, 7) is 6.65. The van der Waals surface area contributed by atoms with Crippen LogP contribution >= 0.6 is 11.6 Å². The van der Waals surface area contributed by atoms with Crippen molar-refractivity contribution in [1.29, 1.82) is 0 Å². The first-order chi connectivity index (χ1) is 11.9. The molecule has 1 fully saturated rings. The second kappa shape index (κ2) is 8.56. The number of carbonyl (C=O) groups excluding carboxylic acids is 2. The van der Waals surface area contributed by atoms with Gasteiger partial charge in [-0.15, -0.1) is 0 Å². The summed E-state index contributed by atoms with van der Waals surface area (Å²) in [4.78, 5) is 24.4. The zero-order valence-electron chi connectivity index (χ0n) is 15.1. The molecule has 1 aromatic carbocycles. The lowest BCUT2D eigenvalue weighted by molar-refractivity contribution is -0.123. The highest BCUT2D eigenvalue weighted by Crippen LogP contribution is 2.48. The van der Waals surface area contributed by atoms with E-state index in [0.29, 0.717) is 24.1 Å². The van der Waals surface area contributed by atoms with Crippen LogP contribution in [0.2, 0.25) is 5.02 Å². The SMILES string of the molecule is CCOC(=O)NC(CNC(=O)C1(c2ccc(Cl)cc2)CC1)CC(C)C. The molecule has 1 aliphatic rings. The van der Waals surface area contributed by atoms with Crippen molar-refractivity contribution in [2.75, 3.05) is 13.2 Å². The summed E-state index contributed by atoms with van der Waals surface area (Å²) >= 11 is 5.93. The summed E-state index contributed by atoms with van der Waals surface area (Å²) in [7, 11) is 0. The minimum atomic E-state index is -0.448. The van der Waals surface area contributed by atoms with Crippen molar-refractivity contribution in [1.82, 2.24) is 10.6 Å². The quantitative estimate of drug-likeness (QED) is 0.738. The minimum absolute atomic E-state index is 0.00855. The summed E-state index contributed by atoms with van der Waals surface area (Å²) in [5.74, 6) is 0.407. The molecule has 2 rings (SSSR count). The molecule has 0 radical (unpaired) electrons. The van der Waals surface area contributed by atoms with Crippen LogP contribution in [0.1, 0.15) is 45.6 Å². The average molecular weight is 367 g/mol. The van der Waals surface area contributed by atoms with Crippen molar-refractivity contribution >= 4 is 23.6 Å². The number of nitrogens with one attached hydrogen (secondary N) is 2. The van der Waals surface area contributed by atoms with Crippen molar-refractivity contribution in [3.8, 4) is 0 Å². The van der Waals surface area contributed by atoms with E-state index in [1.165, 1.54) is 0 Å². The molecule has 0 aliphatic heterocycles. The first-order valence-electron chi connectivity index (χ1n) is 8.85. The highest BCUT2D eigenvalue weighted by Gasteiger charge is 2.51. The van der Waals surface area contributed by atoms with Gasteiger partial charge in [-0.3, -0.25) is 4.79 Å². The number of benzene rings is 1. The molecule has 5 nitrogen and oxygen atoms in total. The van der Waals surface area contributed by atoms with E-state index >= 15 is 0 Å². The summed E-state index contributed by atoms with van der Waals surface area (Å²) in [6.07, 6.45) is 2.00. The lowest BCUT2D eigenvalue weighted by Gasteiger charge is -2.23. The van der Waals surface area contributed by atoms with Crippen LogP contribution in [0, 0.1) is 5.92 Å². The van der Waals surface area contributed by atoms with E-state index in [-0.39, 0.29) is 11.9 Å². The molecule has 0 aromatic heterocycles. The fraction of sp³-hybridized carbons (Fsp3) is 0.579. The second-order valence-corrected chi connectivity index (χ2v) is 7.43. The monoisotopic (exact) mass is 366 g/mol. The molecule has 1 atom stereocenters. The van der Waals surface area contributed by atoms with Gasteiger partial charge in [0, 0.05) is 17.6 Å². The van der Waals surface area contributed by atoms with Crippen LogP contribution in [-0.4, -0.2) is 31.2 Å². The van der Waals surface area contributed by atoms with Crippen molar-refractivity contribution in [2.45, 2.75) is 51.5 Å². The van der Waals surface area contributed by atoms with Gasteiger partial charge in [0.15, 0.2) is 0 Å². The predicted molar refractivity (Wildman–Crippen MR) is 98.8 cm³/mol. The third-order valence-electron chi connectivity index (χ3n) is 4.44. The molecule has 0 bridgehead atoms.